The van der Waals surface area contributed by atoms with Crippen LogP contribution in [-0.2, 0) is 4.79 Å². The van der Waals surface area contributed by atoms with Gasteiger partial charge in [-0.2, -0.15) is 0 Å². The fourth-order valence-corrected chi connectivity index (χ4v) is 1.18. The molecular formula is C10H21N3O2. The van der Waals surface area contributed by atoms with Crippen molar-refractivity contribution in [3.8, 4) is 0 Å². The average molecular weight is 215 g/mol. The lowest BCUT2D eigenvalue weighted by Gasteiger charge is -2.26. The molecule has 5 heteroatoms. The molecule has 0 spiro atoms. The summed E-state index contributed by atoms with van der Waals surface area (Å²) in [6.45, 7) is 7.27. The molecule has 1 unspecified atom stereocenters. The summed E-state index contributed by atoms with van der Waals surface area (Å²) >= 11 is 0. The standard InChI is InChI=1S/C10H21N3O2/c1-5-6-7(2)8(14)12-10(3,4)9(11)13-15/h7,15H,5-6H2,1-4H3,(H2,11,13)(H,12,14). The van der Waals surface area contributed by atoms with Gasteiger partial charge < -0.3 is 16.3 Å². The third kappa shape index (κ3) is 4.18. The van der Waals surface area contributed by atoms with Crippen molar-refractivity contribution >= 4 is 11.7 Å². The van der Waals surface area contributed by atoms with E-state index < -0.39 is 5.54 Å². The first-order valence-electron chi connectivity index (χ1n) is 5.15. The predicted molar refractivity (Wildman–Crippen MR) is 59.7 cm³/mol. The first-order chi connectivity index (χ1) is 6.85. The van der Waals surface area contributed by atoms with Gasteiger partial charge in [0.25, 0.3) is 0 Å². The molecule has 1 atom stereocenters. The SMILES string of the molecule is CCCC(C)C(=O)NC(C)(C)/C(N)=N/O. The number of carbonyl (C=O) groups excluding carboxylic acids is 1. The van der Waals surface area contributed by atoms with E-state index in [-0.39, 0.29) is 17.7 Å². The number of nitrogens with zero attached hydrogens (tertiary/aromatic N) is 1. The zero-order chi connectivity index (χ0) is 12.1. The Labute approximate surface area is 90.7 Å². The number of oxime groups is 1. The molecule has 0 aliphatic rings. The summed E-state index contributed by atoms with van der Waals surface area (Å²) < 4.78 is 0. The summed E-state index contributed by atoms with van der Waals surface area (Å²) in [6, 6.07) is 0. The Bertz CT molecular complexity index is 249. The van der Waals surface area contributed by atoms with E-state index >= 15 is 0 Å². The molecule has 0 bridgehead atoms. The number of amidine groups is 1. The first kappa shape index (κ1) is 13.7. The molecule has 4 N–H and O–H groups in total. The van der Waals surface area contributed by atoms with Gasteiger partial charge in [0.1, 0.15) is 0 Å². The highest BCUT2D eigenvalue weighted by Gasteiger charge is 2.27. The van der Waals surface area contributed by atoms with Crippen LogP contribution in [0.1, 0.15) is 40.5 Å². The monoisotopic (exact) mass is 215 g/mol. The summed E-state index contributed by atoms with van der Waals surface area (Å²) in [5, 5.41) is 14.2. The van der Waals surface area contributed by atoms with E-state index in [2.05, 4.69) is 10.5 Å². The summed E-state index contributed by atoms with van der Waals surface area (Å²) in [5.41, 5.74) is 4.65. The molecule has 88 valence electrons. The van der Waals surface area contributed by atoms with Gasteiger partial charge in [0.05, 0.1) is 5.54 Å². The van der Waals surface area contributed by atoms with E-state index in [0.717, 1.165) is 12.8 Å². The minimum Gasteiger partial charge on any atom is -0.409 e. The lowest BCUT2D eigenvalue weighted by molar-refractivity contribution is -0.125. The molecule has 0 rings (SSSR count). The second kappa shape index (κ2) is 5.58. The molecule has 0 radical (unpaired) electrons. The van der Waals surface area contributed by atoms with Crippen LogP contribution in [-0.4, -0.2) is 22.5 Å². The summed E-state index contributed by atoms with van der Waals surface area (Å²) in [6.07, 6.45) is 1.79. The first-order valence-corrected chi connectivity index (χ1v) is 5.15. The van der Waals surface area contributed by atoms with Crippen molar-refractivity contribution < 1.29 is 10.0 Å². The van der Waals surface area contributed by atoms with Crippen LogP contribution in [0.5, 0.6) is 0 Å². The molecule has 0 aromatic rings. The van der Waals surface area contributed by atoms with Crippen molar-refractivity contribution in [1.82, 2.24) is 5.32 Å². The maximum Gasteiger partial charge on any atom is 0.223 e. The summed E-state index contributed by atoms with van der Waals surface area (Å²) in [5.74, 6) is -0.131. The lowest BCUT2D eigenvalue weighted by atomic mass is 10.00. The van der Waals surface area contributed by atoms with Crippen LogP contribution >= 0.6 is 0 Å². The van der Waals surface area contributed by atoms with Gasteiger partial charge in [-0.15, -0.1) is 0 Å². The molecule has 0 heterocycles. The van der Waals surface area contributed by atoms with Gasteiger partial charge in [-0.05, 0) is 20.3 Å². The summed E-state index contributed by atoms with van der Waals surface area (Å²) in [7, 11) is 0. The van der Waals surface area contributed by atoms with E-state index in [1.54, 1.807) is 13.8 Å². The molecule has 0 aromatic carbocycles. The van der Waals surface area contributed by atoms with Crippen LogP contribution < -0.4 is 11.1 Å². The Balaban J connectivity index is 4.40. The van der Waals surface area contributed by atoms with Crippen molar-refractivity contribution in [2.75, 3.05) is 0 Å². The highest BCUT2D eigenvalue weighted by molar-refractivity contribution is 5.93. The van der Waals surface area contributed by atoms with Crippen molar-refractivity contribution in [2.45, 2.75) is 46.1 Å². The highest BCUT2D eigenvalue weighted by Crippen LogP contribution is 2.09. The molecule has 15 heavy (non-hydrogen) atoms. The Morgan fingerprint density at radius 1 is 1.60 bits per heavy atom. The van der Waals surface area contributed by atoms with E-state index in [1.165, 1.54) is 0 Å². The van der Waals surface area contributed by atoms with Crippen LogP contribution in [0.2, 0.25) is 0 Å². The minimum atomic E-state index is -0.812. The molecule has 0 fully saturated rings. The fourth-order valence-electron chi connectivity index (χ4n) is 1.18. The highest BCUT2D eigenvalue weighted by atomic mass is 16.4. The normalized spacial score (nSPS) is 14.8. The maximum absolute atomic E-state index is 11.7. The van der Waals surface area contributed by atoms with Crippen LogP contribution in [0.4, 0.5) is 0 Å². The van der Waals surface area contributed by atoms with Crippen LogP contribution in [0, 0.1) is 5.92 Å². The molecule has 0 aromatic heterocycles. The third-order valence-corrected chi connectivity index (χ3v) is 2.35. The third-order valence-electron chi connectivity index (χ3n) is 2.35. The van der Waals surface area contributed by atoms with Crippen molar-refractivity contribution in [3.63, 3.8) is 0 Å². The predicted octanol–water partition coefficient (Wildman–Crippen LogP) is 1.06. The van der Waals surface area contributed by atoms with Crippen molar-refractivity contribution in [3.05, 3.63) is 0 Å². The molecule has 0 saturated carbocycles. The zero-order valence-corrected chi connectivity index (χ0v) is 9.87. The topological polar surface area (TPSA) is 87.7 Å². The van der Waals surface area contributed by atoms with E-state index in [9.17, 15) is 4.79 Å². The molecule has 0 aliphatic heterocycles. The maximum atomic E-state index is 11.7. The number of hydrogen-bond acceptors (Lipinski definition) is 3. The quantitative estimate of drug-likeness (QED) is 0.277. The van der Waals surface area contributed by atoms with Gasteiger partial charge in [0.2, 0.25) is 5.91 Å². The minimum absolute atomic E-state index is 0.000418. The lowest BCUT2D eigenvalue weighted by Crippen LogP contribution is -2.54. The van der Waals surface area contributed by atoms with E-state index in [1.807, 2.05) is 13.8 Å². The molecule has 0 aliphatic carbocycles. The van der Waals surface area contributed by atoms with Crippen LogP contribution in [0.25, 0.3) is 0 Å². The Morgan fingerprint density at radius 3 is 2.53 bits per heavy atom. The van der Waals surface area contributed by atoms with Gasteiger partial charge in [0, 0.05) is 5.92 Å². The van der Waals surface area contributed by atoms with Gasteiger partial charge in [-0.3, -0.25) is 4.79 Å². The van der Waals surface area contributed by atoms with Gasteiger partial charge >= 0.3 is 0 Å². The number of amides is 1. The second-order valence-corrected chi connectivity index (χ2v) is 4.29. The second-order valence-electron chi connectivity index (χ2n) is 4.29. The molecular weight excluding hydrogens is 194 g/mol. The summed E-state index contributed by atoms with van der Waals surface area (Å²) in [4.78, 5) is 11.7. The van der Waals surface area contributed by atoms with Gasteiger partial charge in [-0.25, -0.2) is 0 Å². The molecule has 0 saturated heterocycles. The zero-order valence-electron chi connectivity index (χ0n) is 9.87. The van der Waals surface area contributed by atoms with E-state index in [0.29, 0.717) is 0 Å². The Kier molecular flexibility index (Phi) is 5.11. The number of nitrogens with two attached hydrogens (primary N) is 1. The number of hydrogen-bond donors (Lipinski definition) is 3. The van der Waals surface area contributed by atoms with Gasteiger partial charge in [-0.1, -0.05) is 25.4 Å². The van der Waals surface area contributed by atoms with Crippen molar-refractivity contribution in [1.29, 1.82) is 0 Å². The van der Waals surface area contributed by atoms with Gasteiger partial charge in [0.15, 0.2) is 5.84 Å². The Hall–Kier alpha value is -1.26. The fraction of sp³-hybridized carbons (Fsp3) is 0.800. The molecule has 5 nitrogen and oxygen atoms in total. The molecule has 1 amide bonds. The number of rotatable bonds is 5. The Morgan fingerprint density at radius 2 is 2.13 bits per heavy atom. The smallest absolute Gasteiger partial charge is 0.223 e. The van der Waals surface area contributed by atoms with Crippen LogP contribution in [0.15, 0.2) is 5.16 Å². The number of carbonyl (C=O) groups is 1. The largest absolute Gasteiger partial charge is 0.409 e. The van der Waals surface area contributed by atoms with Crippen molar-refractivity contribution in [2.24, 2.45) is 16.8 Å². The van der Waals surface area contributed by atoms with Crippen LogP contribution in [0.3, 0.4) is 0 Å². The average Bonchev–Trinajstić information content (AvgIpc) is 2.16. The number of nitrogens with one attached hydrogen (secondary N) is 1. The van der Waals surface area contributed by atoms with E-state index in [4.69, 9.17) is 10.9 Å².